The molecular formula is C5H3IN4. The van der Waals surface area contributed by atoms with Crippen LogP contribution in [0.2, 0.25) is 0 Å². The van der Waals surface area contributed by atoms with Crippen LogP contribution in [0.1, 0.15) is 0 Å². The number of aromatic nitrogens is 4. The first kappa shape index (κ1) is 6.02. The summed E-state index contributed by atoms with van der Waals surface area (Å²) in [6.07, 6.45) is 3.21. The van der Waals surface area contributed by atoms with Crippen molar-refractivity contribution in [3.8, 4) is 0 Å². The van der Waals surface area contributed by atoms with Gasteiger partial charge in [0.15, 0.2) is 0 Å². The second kappa shape index (κ2) is 2.15. The first-order chi connectivity index (χ1) is 4.88. The van der Waals surface area contributed by atoms with Crippen LogP contribution >= 0.6 is 22.6 Å². The number of H-pyrrole nitrogens is 1. The molecule has 0 saturated carbocycles. The number of aromatic amines is 1. The molecule has 0 spiro atoms. The number of hydrogen-bond donors (Lipinski definition) is 1. The topological polar surface area (TPSA) is 54.5 Å². The van der Waals surface area contributed by atoms with Gasteiger partial charge in [0.25, 0.3) is 0 Å². The molecule has 4 nitrogen and oxygen atoms in total. The Morgan fingerprint density at radius 2 is 2.30 bits per heavy atom. The van der Waals surface area contributed by atoms with Crippen LogP contribution in [0.5, 0.6) is 0 Å². The molecule has 1 N–H and O–H groups in total. The van der Waals surface area contributed by atoms with Crippen molar-refractivity contribution in [2.45, 2.75) is 0 Å². The average molecular weight is 246 g/mol. The molecule has 0 aromatic carbocycles. The van der Waals surface area contributed by atoms with E-state index in [1.165, 1.54) is 6.33 Å². The summed E-state index contributed by atoms with van der Waals surface area (Å²) in [6, 6.07) is 0. The predicted octanol–water partition coefficient (Wildman–Crippen LogP) is 0.958. The Morgan fingerprint density at radius 1 is 1.40 bits per heavy atom. The molecule has 0 bridgehead atoms. The third-order valence-electron chi connectivity index (χ3n) is 1.19. The van der Waals surface area contributed by atoms with Crippen LogP contribution < -0.4 is 0 Å². The molecule has 0 atom stereocenters. The fourth-order valence-electron chi connectivity index (χ4n) is 0.736. The van der Waals surface area contributed by atoms with Gasteiger partial charge in [0, 0.05) is 0 Å². The summed E-state index contributed by atoms with van der Waals surface area (Å²) in [7, 11) is 0. The highest BCUT2D eigenvalue weighted by Crippen LogP contribution is 2.11. The minimum absolute atomic E-state index is 0.861. The number of nitrogens with one attached hydrogen (secondary N) is 1. The van der Waals surface area contributed by atoms with Gasteiger partial charge in [0.1, 0.15) is 21.1 Å². The molecule has 0 fully saturated rings. The van der Waals surface area contributed by atoms with Crippen molar-refractivity contribution < 1.29 is 0 Å². The van der Waals surface area contributed by atoms with Crippen LogP contribution in [0.4, 0.5) is 0 Å². The number of fused-ring (bicyclic) bond motifs is 1. The Balaban J connectivity index is 2.95. The summed E-state index contributed by atoms with van der Waals surface area (Å²) in [5.74, 6) is 0. The lowest BCUT2D eigenvalue weighted by Gasteiger charge is -1.87. The summed E-state index contributed by atoms with van der Waals surface area (Å²) in [6.45, 7) is 0. The SMILES string of the molecule is Ic1ncnc2cn[nH]c12. The Hall–Kier alpha value is -0.720. The predicted molar refractivity (Wildman–Crippen MR) is 44.4 cm³/mol. The van der Waals surface area contributed by atoms with E-state index in [1.807, 2.05) is 0 Å². The van der Waals surface area contributed by atoms with Crippen LogP contribution in [-0.2, 0) is 0 Å². The number of rotatable bonds is 0. The Kier molecular flexibility index (Phi) is 1.30. The largest absolute Gasteiger partial charge is 0.273 e. The van der Waals surface area contributed by atoms with Crippen LogP contribution in [0.15, 0.2) is 12.5 Å². The van der Waals surface area contributed by atoms with Gasteiger partial charge in [-0.25, -0.2) is 9.97 Å². The molecule has 2 rings (SSSR count). The lowest BCUT2D eigenvalue weighted by Crippen LogP contribution is -1.83. The van der Waals surface area contributed by atoms with E-state index in [2.05, 4.69) is 42.8 Å². The summed E-state index contributed by atoms with van der Waals surface area (Å²) in [5, 5.41) is 6.64. The molecule has 0 radical (unpaired) electrons. The van der Waals surface area contributed by atoms with Crippen LogP contribution in [-0.4, -0.2) is 20.2 Å². The number of hydrogen-bond acceptors (Lipinski definition) is 3. The highest BCUT2D eigenvalue weighted by atomic mass is 127. The third-order valence-corrected chi connectivity index (χ3v) is 2.01. The van der Waals surface area contributed by atoms with Gasteiger partial charge in [-0.3, -0.25) is 5.10 Å². The Bertz CT molecular complexity index is 355. The van der Waals surface area contributed by atoms with Gasteiger partial charge in [-0.05, 0) is 22.6 Å². The van der Waals surface area contributed by atoms with E-state index in [0.717, 1.165) is 14.7 Å². The summed E-state index contributed by atoms with van der Waals surface area (Å²) in [5.41, 5.74) is 1.77. The quantitative estimate of drug-likeness (QED) is 0.556. The minimum atomic E-state index is 0.861. The molecule has 2 aromatic rings. The van der Waals surface area contributed by atoms with Gasteiger partial charge in [-0.1, -0.05) is 0 Å². The molecule has 0 aliphatic carbocycles. The van der Waals surface area contributed by atoms with E-state index < -0.39 is 0 Å². The van der Waals surface area contributed by atoms with Crippen molar-refractivity contribution in [3.63, 3.8) is 0 Å². The number of nitrogens with zero attached hydrogens (tertiary/aromatic N) is 3. The van der Waals surface area contributed by atoms with Crippen LogP contribution in [0.3, 0.4) is 0 Å². The van der Waals surface area contributed by atoms with E-state index in [4.69, 9.17) is 0 Å². The normalized spacial score (nSPS) is 10.5. The van der Waals surface area contributed by atoms with Crippen LogP contribution in [0.25, 0.3) is 11.0 Å². The average Bonchev–Trinajstić information content (AvgIpc) is 2.36. The maximum absolute atomic E-state index is 3.99. The molecule has 5 heteroatoms. The molecule has 0 aliphatic rings. The van der Waals surface area contributed by atoms with Gasteiger partial charge in [0.2, 0.25) is 0 Å². The number of halogens is 1. The summed E-state index contributed by atoms with van der Waals surface area (Å²) in [4.78, 5) is 7.98. The smallest absolute Gasteiger partial charge is 0.130 e. The monoisotopic (exact) mass is 246 g/mol. The van der Waals surface area contributed by atoms with Crippen LogP contribution in [0, 0.1) is 3.70 Å². The molecule has 0 amide bonds. The molecule has 0 saturated heterocycles. The Labute approximate surface area is 70.2 Å². The summed E-state index contributed by atoms with van der Waals surface area (Å²) < 4.78 is 0.903. The minimum Gasteiger partial charge on any atom is -0.273 e. The zero-order chi connectivity index (χ0) is 6.97. The first-order valence-electron chi connectivity index (χ1n) is 2.67. The van der Waals surface area contributed by atoms with Crippen molar-refractivity contribution in [3.05, 3.63) is 16.2 Å². The summed E-state index contributed by atoms with van der Waals surface area (Å²) >= 11 is 2.13. The zero-order valence-electron chi connectivity index (χ0n) is 4.87. The van der Waals surface area contributed by atoms with E-state index in [1.54, 1.807) is 6.20 Å². The van der Waals surface area contributed by atoms with Gasteiger partial charge < -0.3 is 0 Å². The lowest BCUT2D eigenvalue weighted by molar-refractivity contribution is 1.11. The first-order valence-corrected chi connectivity index (χ1v) is 3.75. The molecule has 10 heavy (non-hydrogen) atoms. The lowest BCUT2D eigenvalue weighted by atomic mass is 10.5. The Morgan fingerprint density at radius 3 is 3.10 bits per heavy atom. The van der Waals surface area contributed by atoms with Crippen molar-refractivity contribution in [2.24, 2.45) is 0 Å². The van der Waals surface area contributed by atoms with Gasteiger partial charge in [-0.2, -0.15) is 5.10 Å². The van der Waals surface area contributed by atoms with E-state index >= 15 is 0 Å². The van der Waals surface area contributed by atoms with E-state index in [-0.39, 0.29) is 0 Å². The maximum atomic E-state index is 3.99. The highest BCUT2D eigenvalue weighted by Gasteiger charge is 1.99. The van der Waals surface area contributed by atoms with Gasteiger partial charge in [-0.15, -0.1) is 0 Å². The fourth-order valence-corrected chi connectivity index (χ4v) is 1.26. The van der Waals surface area contributed by atoms with Crippen molar-refractivity contribution in [2.75, 3.05) is 0 Å². The van der Waals surface area contributed by atoms with E-state index in [0.29, 0.717) is 0 Å². The van der Waals surface area contributed by atoms with Gasteiger partial charge >= 0.3 is 0 Å². The maximum Gasteiger partial charge on any atom is 0.130 e. The molecular weight excluding hydrogens is 243 g/mol. The third kappa shape index (κ3) is 0.772. The molecule has 2 heterocycles. The van der Waals surface area contributed by atoms with Crippen molar-refractivity contribution in [1.82, 2.24) is 20.2 Å². The second-order valence-corrected chi connectivity index (χ2v) is 2.82. The zero-order valence-corrected chi connectivity index (χ0v) is 7.03. The van der Waals surface area contributed by atoms with E-state index in [9.17, 15) is 0 Å². The van der Waals surface area contributed by atoms with Gasteiger partial charge in [0.05, 0.1) is 6.20 Å². The van der Waals surface area contributed by atoms with Crippen molar-refractivity contribution in [1.29, 1.82) is 0 Å². The fraction of sp³-hybridized carbons (Fsp3) is 0. The molecule has 2 aromatic heterocycles. The van der Waals surface area contributed by atoms with Crippen molar-refractivity contribution >= 4 is 33.6 Å². The molecule has 0 unspecified atom stereocenters. The standard InChI is InChI=1S/C5H3IN4/c6-5-4-3(1-9-10-4)7-2-8-5/h1-2H,(H,9,10). The molecule has 0 aliphatic heterocycles. The second-order valence-electron chi connectivity index (χ2n) is 1.79. The molecule has 50 valence electrons. The highest BCUT2D eigenvalue weighted by molar-refractivity contribution is 14.1.